The average Bonchev–Trinajstić information content (AvgIpc) is 3.44. The van der Waals surface area contributed by atoms with E-state index in [0.717, 1.165) is 0 Å². The number of nitrogens with one attached hydrogen (secondary N) is 1. The Labute approximate surface area is 242 Å². The number of hydrogen-bond acceptors (Lipinski definition) is 5. The first-order valence-electron chi connectivity index (χ1n) is 11.8. The maximum atomic E-state index is 15.0. The molecule has 7 nitrogen and oxygen atoms in total. The molecule has 2 amide bonds. The van der Waals surface area contributed by atoms with Gasteiger partial charge in [-0.1, -0.05) is 65.1 Å². The van der Waals surface area contributed by atoms with Gasteiger partial charge in [-0.3, -0.25) is 19.3 Å². The Bertz CT molecular complexity index is 1400. The minimum atomic E-state index is -3.25. The number of amides is 2. The van der Waals surface area contributed by atoms with Gasteiger partial charge in [0.1, 0.15) is 18.1 Å². The summed E-state index contributed by atoms with van der Waals surface area (Å²) in [6.07, 6.45) is 0.565. The minimum Gasteiger partial charge on any atom is -0.461 e. The number of esters is 1. The van der Waals surface area contributed by atoms with Crippen LogP contribution in [0.5, 0.6) is 0 Å². The van der Waals surface area contributed by atoms with Crippen LogP contribution in [-0.4, -0.2) is 54.8 Å². The highest BCUT2D eigenvalue weighted by Crippen LogP contribution is 2.61. The fraction of sp³-hybridized carbons (Fsp3) is 0.346. The third kappa shape index (κ3) is 4.30. The molecule has 0 bridgehead atoms. The number of rotatable bonds is 5. The molecular formula is C26H21Cl4F2N3O4. The van der Waals surface area contributed by atoms with Crippen LogP contribution < -0.4 is 10.2 Å². The van der Waals surface area contributed by atoms with Crippen molar-refractivity contribution < 1.29 is 27.9 Å². The van der Waals surface area contributed by atoms with E-state index < -0.39 is 60.1 Å². The van der Waals surface area contributed by atoms with Crippen LogP contribution in [0.15, 0.2) is 43.0 Å². The highest BCUT2D eigenvalue weighted by Gasteiger charge is 2.75. The molecule has 2 aromatic carbocycles. The van der Waals surface area contributed by atoms with E-state index in [2.05, 4.69) is 11.9 Å². The van der Waals surface area contributed by atoms with Crippen LogP contribution in [0.1, 0.15) is 12.0 Å². The maximum Gasteiger partial charge on any atom is 0.312 e. The molecule has 2 saturated heterocycles. The molecule has 3 aliphatic rings. The number of halogens is 6. The Morgan fingerprint density at radius 2 is 1.87 bits per heavy atom. The van der Waals surface area contributed by atoms with E-state index in [4.69, 9.17) is 51.1 Å². The predicted octanol–water partition coefficient (Wildman–Crippen LogP) is 5.80. The first-order valence-corrected chi connectivity index (χ1v) is 13.3. The lowest BCUT2D eigenvalue weighted by atomic mass is 9.73. The SMILES string of the molecule is C=CCOC(=O)[C@H]1[C@@H](C(=O)N(C)c2cc(Cl)cc(Cl)c2)[C@H]2CC(F)(F)CN2C12C(=O)Nc1c2ccc(Cl)c1Cl. The van der Waals surface area contributed by atoms with Gasteiger partial charge in [-0.25, -0.2) is 8.78 Å². The van der Waals surface area contributed by atoms with Gasteiger partial charge in [0.25, 0.3) is 11.8 Å². The van der Waals surface area contributed by atoms with E-state index >= 15 is 8.78 Å². The molecule has 4 atom stereocenters. The Hall–Kier alpha value is -2.43. The Morgan fingerprint density at radius 3 is 2.51 bits per heavy atom. The standard InChI is InChI=1S/C26H21Cl4F2N3O4/c1-3-6-39-23(37)19-18(22(36)34(2)14-8-12(27)7-13(28)9-14)17-10-25(31,32)11-35(17)26(19)15-4-5-16(29)20(30)21(15)33-24(26)38/h3-5,7-9,17-19H,1,6,10-11H2,2H3,(H,33,38)/t17-,18+,19-,26?/m1/s1. The molecule has 1 unspecified atom stereocenters. The lowest BCUT2D eigenvalue weighted by Gasteiger charge is -2.36. The Balaban J connectivity index is 1.72. The molecule has 3 heterocycles. The quantitative estimate of drug-likeness (QED) is 0.339. The topological polar surface area (TPSA) is 79.0 Å². The zero-order chi connectivity index (χ0) is 28.4. The third-order valence-electron chi connectivity index (χ3n) is 7.52. The number of fused-ring (bicyclic) bond motifs is 4. The molecule has 2 aromatic rings. The van der Waals surface area contributed by atoms with Crippen LogP contribution in [0.25, 0.3) is 0 Å². The van der Waals surface area contributed by atoms with E-state index in [0.29, 0.717) is 0 Å². The molecule has 2 fully saturated rings. The monoisotopic (exact) mass is 617 g/mol. The molecule has 0 radical (unpaired) electrons. The van der Waals surface area contributed by atoms with Gasteiger partial charge < -0.3 is 15.0 Å². The maximum absolute atomic E-state index is 15.0. The van der Waals surface area contributed by atoms with Crippen LogP contribution >= 0.6 is 46.4 Å². The van der Waals surface area contributed by atoms with Crippen molar-refractivity contribution in [1.82, 2.24) is 4.90 Å². The molecule has 206 valence electrons. The summed E-state index contributed by atoms with van der Waals surface area (Å²) < 4.78 is 35.5. The van der Waals surface area contributed by atoms with Gasteiger partial charge in [-0.2, -0.15) is 0 Å². The first kappa shape index (κ1) is 28.1. The zero-order valence-electron chi connectivity index (χ0n) is 20.3. The molecule has 1 N–H and O–H groups in total. The van der Waals surface area contributed by atoms with Crippen molar-refractivity contribution >= 4 is 75.6 Å². The highest BCUT2D eigenvalue weighted by atomic mass is 35.5. The third-order valence-corrected chi connectivity index (χ3v) is 8.77. The lowest BCUT2D eigenvalue weighted by Crippen LogP contribution is -2.54. The molecule has 1 spiro atoms. The number of nitrogens with zero attached hydrogens (tertiary/aromatic N) is 2. The van der Waals surface area contributed by atoms with Gasteiger partial charge in [0.05, 0.1) is 28.2 Å². The number of carbonyl (C=O) groups is 3. The minimum absolute atomic E-state index is 0.0134. The van der Waals surface area contributed by atoms with Gasteiger partial charge in [0, 0.05) is 40.8 Å². The molecule has 39 heavy (non-hydrogen) atoms. The fourth-order valence-electron chi connectivity index (χ4n) is 6.07. The first-order chi connectivity index (χ1) is 18.3. The Kier molecular flexibility index (Phi) is 7.13. The number of hydrogen-bond donors (Lipinski definition) is 1. The van der Waals surface area contributed by atoms with Crippen molar-refractivity contribution in [1.29, 1.82) is 0 Å². The van der Waals surface area contributed by atoms with Gasteiger partial charge in [0.2, 0.25) is 5.91 Å². The van der Waals surface area contributed by atoms with E-state index in [1.54, 1.807) is 0 Å². The predicted molar refractivity (Wildman–Crippen MR) is 145 cm³/mol. The summed E-state index contributed by atoms with van der Waals surface area (Å²) in [6, 6.07) is 6.09. The van der Waals surface area contributed by atoms with Crippen LogP contribution in [0.3, 0.4) is 0 Å². The van der Waals surface area contributed by atoms with Gasteiger partial charge in [-0.05, 0) is 24.3 Å². The second-order valence-corrected chi connectivity index (χ2v) is 11.4. The van der Waals surface area contributed by atoms with Crippen molar-refractivity contribution in [3.63, 3.8) is 0 Å². The van der Waals surface area contributed by atoms with E-state index in [-0.39, 0.29) is 43.6 Å². The largest absolute Gasteiger partial charge is 0.461 e. The summed E-state index contributed by atoms with van der Waals surface area (Å²) in [6.45, 7) is 2.45. The molecule has 13 heteroatoms. The summed E-state index contributed by atoms with van der Waals surface area (Å²) in [5.74, 6) is -8.57. The van der Waals surface area contributed by atoms with Crippen molar-refractivity contribution in [2.75, 3.05) is 30.4 Å². The number of benzene rings is 2. The van der Waals surface area contributed by atoms with Crippen LogP contribution in [0, 0.1) is 11.8 Å². The normalized spacial score (nSPS) is 26.7. The summed E-state index contributed by atoms with van der Waals surface area (Å²) in [5, 5.41) is 3.21. The van der Waals surface area contributed by atoms with Crippen molar-refractivity contribution in [3.05, 3.63) is 68.6 Å². The summed E-state index contributed by atoms with van der Waals surface area (Å²) in [7, 11) is 1.41. The van der Waals surface area contributed by atoms with Gasteiger partial charge >= 0.3 is 5.97 Å². The number of alkyl halides is 2. The zero-order valence-corrected chi connectivity index (χ0v) is 23.3. The molecule has 3 aliphatic heterocycles. The second-order valence-electron chi connectivity index (χ2n) is 9.71. The molecule has 0 saturated carbocycles. The van der Waals surface area contributed by atoms with Crippen LogP contribution in [0.4, 0.5) is 20.2 Å². The molecule has 0 aromatic heterocycles. The van der Waals surface area contributed by atoms with Crippen LogP contribution in [0.2, 0.25) is 20.1 Å². The molecule has 0 aliphatic carbocycles. The number of ether oxygens (including phenoxy) is 1. The smallest absolute Gasteiger partial charge is 0.312 e. The fourth-order valence-corrected chi connectivity index (χ4v) is 6.95. The summed E-state index contributed by atoms with van der Waals surface area (Å²) >= 11 is 24.8. The number of anilines is 2. The lowest BCUT2D eigenvalue weighted by molar-refractivity contribution is -0.158. The van der Waals surface area contributed by atoms with Crippen molar-refractivity contribution in [2.45, 2.75) is 23.9 Å². The van der Waals surface area contributed by atoms with Crippen LogP contribution in [-0.2, 0) is 24.7 Å². The van der Waals surface area contributed by atoms with Gasteiger partial charge in [-0.15, -0.1) is 0 Å². The van der Waals surface area contributed by atoms with Crippen molar-refractivity contribution in [3.8, 4) is 0 Å². The van der Waals surface area contributed by atoms with E-state index in [1.165, 1.54) is 53.3 Å². The number of carbonyl (C=O) groups excluding carboxylic acids is 3. The van der Waals surface area contributed by atoms with Gasteiger partial charge in [0.15, 0.2) is 0 Å². The molecule has 5 rings (SSSR count). The Morgan fingerprint density at radius 1 is 1.21 bits per heavy atom. The average molecular weight is 619 g/mol. The summed E-state index contributed by atoms with van der Waals surface area (Å²) in [4.78, 5) is 44.2. The van der Waals surface area contributed by atoms with Crippen molar-refractivity contribution in [2.24, 2.45) is 11.8 Å². The second kappa shape index (κ2) is 9.89. The van der Waals surface area contributed by atoms with E-state index in [1.807, 2.05) is 0 Å². The molecular weight excluding hydrogens is 598 g/mol. The highest BCUT2D eigenvalue weighted by molar-refractivity contribution is 6.44. The summed E-state index contributed by atoms with van der Waals surface area (Å²) in [5.41, 5.74) is -1.49. The van der Waals surface area contributed by atoms with E-state index in [9.17, 15) is 14.4 Å².